The van der Waals surface area contributed by atoms with E-state index >= 15 is 0 Å². The monoisotopic (exact) mass is 347 g/mol. The average Bonchev–Trinajstić information content (AvgIpc) is 2.77. The third kappa shape index (κ3) is 3.09. The van der Waals surface area contributed by atoms with Crippen LogP contribution in [-0.2, 0) is 6.42 Å². The molecule has 1 N–H and O–H groups in total. The highest BCUT2D eigenvalue weighted by molar-refractivity contribution is 9.10. The Balaban J connectivity index is 2.20. The van der Waals surface area contributed by atoms with Gasteiger partial charge in [-0.05, 0) is 53.2 Å². The van der Waals surface area contributed by atoms with Crippen LogP contribution in [0.5, 0.6) is 0 Å². The summed E-state index contributed by atoms with van der Waals surface area (Å²) in [7, 11) is 1.90. The molecule has 0 amide bonds. The standard InChI is InChI=1S/C13H12BrCl2NO/c1-17-12(13-9(14)4-5-18-13)7-8-2-3-10(15)11(16)6-8/h2-6,12,17H,7H2,1H3. The molecule has 0 fully saturated rings. The van der Waals surface area contributed by atoms with Crippen molar-refractivity contribution in [3.05, 3.63) is 56.4 Å². The second-order valence-electron chi connectivity index (χ2n) is 3.93. The fourth-order valence-corrected chi connectivity index (χ4v) is 2.58. The molecule has 18 heavy (non-hydrogen) atoms. The van der Waals surface area contributed by atoms with Gasteiger partial charge in [0, 0.05) is 0 Å². The van der Waals surface area contributed by atoms with Gasteiger partial charge in [-0.15, -0.1) is 0 Å². The van der Waals surface area contributed by atoms with Crippen molar-refractivity contribution in [1.82, 2.24) is 5.32 Å². The van der Waals surface area contributed by atoms with E-state index in [4.69, 9.17) is 27.6 Å². The normalized spacial score (nSPS) is 12.7. The molecule has 0 aliphatic heterocycles. The fourth-order valence-electron chi connectivity index (χ4n) is 1.78. The van der Waals surface area contributed by atoms with Gasteiger partial charge in [0.1, 0.15) is 5.76 Å². The third-order valence-electron chi connectivity index (χ3n) is 2.73. The van der Waals surface area contributed by atoms with Gasteiger partial charge in [0.2, 0.25) is 0 Å². The Hall–Kier alpha value is -0.480. The molecule has 5 heteroatoms. The van der Waals surface area contributed by atoms with Crippen molar-refractivity contribution >= 4 is 39.1 Å². The molecule has 1 aromatic carbocycles. The van der Waals surface area contributed by atoms with Gasteiger partial charge in [-0.1, -0.05) is 29.3 Å². The van der Waals surface area contributed by atoms with Crippen LogP contribution in [0.2, 0.25) is 10.0 Å². The van der Waals surface area contributed by atoms with Crippen molar-refractivity contribution in [3.8, 4) is 0 Å². The predicted molar refractivity (Wildman–Crippen MR) is 78.4 cm³/mol. The average molecular weight is 349 g/mol. The molecule has 0 saturated carbocycles. The maximum absolute atomic E-state index is 6.01. The Labute approximate surface area is 124 Å². The van der Waals surface area contributed by atoms with Gasteiger partial charge in [-0.3, -0.25) is 0 Å². The molecule has 0 bridgehead atoms. The second-order valence-corrected chi connectivity index (χ2v) is 5.60. The largest absolute Gasteiger partial charge is 0.466 e. The second kappa shape index (κ2) is 6.11. The van der Waals surface area contributed by atoms with E-state index in [2.05, 4.69) is 21.2 Å². The summed E-state index contributed by atoms with van der Waals surface area (Å²) in [5, 5.41) is 4.37. The topological polar surface area (TPSA) is 25.2 Å². The highest BCUT2D eigenvalue weighted by Gasteiger charge is 2.17. The Kier molecular flexibility index (Phi) is 4.73. The van der Waals surface area contributed by atoms with Crippen LogP contribution in [0.4, 0.5) is 0 Å². The number of benzene rings is 1. The first-order valence-corrected chi connectivity index (χ1v) is 7.00. The third-order valence-corrected chi connectivity index (χ3v) is 4.13. The molecule has 2 nitrogen and oxygen atoms in total. The van der Waals surface area contributed by atoms with E-state index in [1.54, 1.807) is 6.26 Å². The Morgan fingerprint density at radius 1 is 1.28 bits per heavy atom. The van der Waals surface area contributed by atoms with Gasteiger partial charge in [-0.2, -0.15) is 0 Å². The minimum atomic E-state index is 0.0895. The van der Waals surface area contributed by atoms with Crippen LogP contribution >= 0.6 is 39.1 Å². The van der Waals surface area contributed by atoms with Crippen molar-refractivity contribution < 1.29 is 4.42 Å². The number of nitrogens with one attached hydrogen (secondary N) is 1. The fraction of sp³-hybridized carbons (Fsp3) is 0.231. The van der Waals surface area contributed by atoms with Gasteiger partial charge in [0.25, 0.3) is 0 Å². The lowest BCUT2D eigenvalue weighted by molar-refractivity contribution is 0.427. The first kappa shape index (κ1) is 13.9. The molecule has 0 saturated heterocycles. The minimum absolute atomic E-state index is 0.0895. The molecule has 2 rings (SSSR count). The predicted octanol–water partition coefficient (Wildman–Crippen LogP) is 4.85. The summed E-state index contributed by atoms with van der Waals surface area (Å²) in [6, 6.07) is 7.63. The molecule has 1 heterocycles. The van der Waals surface area contributed by atoms with Gasteiger partial charge < -0.3 is 9.73 Å². The maximum Gasteiger partial charge on any atom is 0.135 e. The summed E-state index contributed by atoms with van der Waals surface area (Å²) in [5.41, 5.74) is 1.10. The van der Waals surface area contributed by atoms with E-state index in [1.165, 1.54) is 0 Å². The minimum Gasteiger partial charge on any atom is -0.466 e. The van der Waals surface area contributed by atoms with Crippen LogP contribution < -0.4 is 5.32 Å². The Bertz CT molecular complexity index is 542. The molecule has 1 aromatic heterocycles. The van der Waals surface area contributed by atoms with Crippen LogP contribution in [0, 0.1) is 0 Å². The van der Waals surface area contributed by atoms with Gasteiger partial charge in [0.05, 0.1) is 26.8 Å². The molecule has 96 valence electrons. The van der Waals surface area contributed by atoms with Crippen molar-refractivity contribution in [2.45, 2.75) is 12.5 Å². The molecule has 0 spiro atoms. The number of hydrogen-bond donors (Lipinski definition) is 1. The number of rotatable bonds is 4. The van der Waals surface area contributed by atoms with Crippen LogP contribution in [0.3, 0.4) is 0 Å². The molecule has 0 aliphatic carbocycles. The molecular formula is C13H12BrCl2NO. The summed E-state index contributed by atoms with van der Waals surface area (Å²) >= 11 is 15.4. The summed E-state index contributed by atoms with van der Waals surface area (Å²) in [6.07, 6.45) is 2.44. The maximum atomic E-state index is 6.01. The van der Waals surface area contributed by atoms with Crippen molar-refractivity contribution in [1.29, 1.82) is 0 Å². The van der Waals surface area contributed by atoms with E-state index in [0.29, 0.717) is 10.0 Å². The smallest absolute Gasteiger partial charge is 0.135 e. The van der Waals surface area contributed by atoms with E-state index in [9.17, 15) is 0 Å². The zero-order valence-corrected chi connectivity index (χ0v) is 12.8. The molecule has 0 radical (unpaired) electrons. The number of hydrogen-bond acceptors (Lipinski definition) is 2. The lowest BCUT2D eigenvalue weighted by Crippen LogP contribution is -2.18. The summed E-state index contributed by atoms with van der Waals surface area (Å²) in [6.45, 7) is 0. The number of likely N-dealkylation sites (N-methyl/N-ethyl adjacent to an activating group) is 1. The molecule has 0 aliphatic rings. The van der Waals surface area contributed by atoms with Gasteiger partial charge >= 0.3 is 0 Å². The zero-order valence-electron chi connectivity index (χ0n) is 9.71. The molecule has 1 unspecified atom stereocenters. The summed E-state index contributed by atoms with van der Waals surface area (Å²) in [4.78, 5) is 0. The number of halogens is 3. The van der Waals surface area contributed by atoms with Gasteiger partial charge in [0.15, 0.2) is 0 Å². The highest BCUT2D eigenvalue weighted by atomic mass is 79.9. The van der Waals surface area contributed by atoms with Gasteiger partial charge in [-0.25, -0.2) is 0 Å². The molecular weight excluding hydrogens is 337 g/mol. The van der Waals surface area contributed by atoms with E-state index in [1.807, 2.05) is 31.3 Å². The summed E-state index contributed by atoms with van der Waals surface area (Å²) < 4.78 is 6.44. The van der Waals surface area contributed by atoms with Crippen LogP contribution in [0.25, 0.3) is 0 Å². The zero-order chi connectivity index (χ0) is 13.1. The van der Waals surface area contributed by atoms with Crippen LogP contribution in [-0.4, -0.2) is 7.05 Å². The first-order chi connectivity index (χ1) is 8.61. The van der Waals surface area contributed by atoms with Crippen molar-refractivity contribution in [3.63, 3.8) is 0 Å². The van der Waals surface area contributed by atoms with E-state index < -0.39 is 0 Å². The number of furan rings is 1. The van der Waals surface area contributed by atoms with Crippen LogP contribution in [0.1, 0.15) is 17.4 Å². The Morgan fingerprint density at radius 2 is 2.06 bits per heavy atom. The summed E-state index contributed by atoms with van der Waals surface area (Å²) in [5.74, 6) is 0.878. The SMILES string of the molecule is CNC(Cc1ccc(Cl)c(Cl)c1)c1occc1Br. The molecule has 1 atom stereocenters. The highest BCUT2D eigenvalue weighted by Crippen LogP contribution is 2.29. The van der Waals surface area contributed by atoms with E-state index in [-0.39, 0.29) is 6.04 Å². The van der Waals surface area contributed by atoms with Crippen molar-refractivity contribution in [2.24, 2.45) is 0 Å². The lowest BCUT2D eigenvalue weighted by atomic mass is 10.0. The lowest BCUT2D eigenvalue weighted by Gasteiger charge is -2.14. The molecule has 2 aromatic rings. The van der Waals surface area contributed by atoms with Crippen LogP contribution in [0.15, 0.2) is 39.4 Å². The first-order valence-electron chi connectivity index (χ1n) is 5.46. The van der Waals surface area contributed by atoms with Crippen molar-refractivity contribution in [2.75, 3.05) is 7.05 Å². The quantitative estimate of drug-likeness (QED) is 0.854. The van der Waals surface area contributed by atoms with E-state index in [0.717, 1.165) is 22.2 Å². The Morgan fingerprint density at radius 3 is 2.61 bits per heavy atom.